The van der Waals surface area contributed by atoms with Crippen LogP contribution in [0.15, 0.2) is 36.7 Å². The summed E-state index contributed by atoms with van der Waals surface area (Å²) in [4.78, 5) is 10.5. The van der Waals surface area contributed by atoms with Crippen molar-refractivity contribution in [2.45, 2.75) is 6.42 Å². The van der Waals surface area contributed by atoms with Crippen LogP contribution >= 0.6 is 11.6 Å². The Labute approximate surface area is 127 Å². The molecule has 0 saturated carbocycles. The summed E-state index contributed by atoms with van der Waals surface area (Å²) in [5, 5.41) is 13.1. The van der Waals surface area contributed by atoms with Gasteiger partial charge in [0.05, 0.1) is 17.8 Å². The maximum Gasteiger partial charge on any atom is 0.328 e. The van der Waals surface area contributed by atoms with Crippen molar-refractivity contribution in [2.75, 3.05) is 6.61 Å². The fourth-order valence-corrected chi connectivity index (χ4v) is 2.03. The zero-order valence-electron chi connectivity index (χ0n) is 11.5. The largest absolute Gasteiger partial charge is 0.492 e. The van der Waals surface area contributed by atoms with Crippen LogP contribution in [0.5, 0.6) is 5.75 Å². The molecule has 0 amide bonds. The third-order valence-corrected chi connectivity index (χ3v) is 3.08. The first kappa shape index (κ1) is 15.1. The van der Waals surface area contributed by atoms with Crippen molar-refractivity contribution in [1.82, 2.24) is 9.78 Å². The van der Waals surface area contributed by atoms with E-state index in [0.29, 0.717) is 22.9 Å². The minimum Gasteiger partial charge on any atom is -0.492 e. The van der Waals surface area contributed by atoms with Crippen LogP contribution in [0.2, 0.25) is 5.02 Å². The molecule has 0 atom stereocenters. The topological polar surface area (TPSA) is 64.3 Å². The van der Waals surface area contributed by atoms with Gasteiger partial charge in [-0.2, -0.15) is 5.10 Å². The number of aromatic nitrogens is 2. The molecular formula is C15H15ClN2O3. The summed E-state index contributed by atoms with van der Waals surface area (Å²) in [5.74, 6) is -0.420. The molecule has 5 nitrogen and oxygen atoms in total. The molecule has 0 aliphatic rings. The van der Waals surface area contributed by atoms with Crippen LogP contribution in [-0.2, 0) is 18.3 Å². The molecule has 1 N–H and O–H groups in total. The molecule has 6 heteroatoms. The number of nitrogens with zero attached hydrogens (tertiary/aromatic N) is 2. The number of aliphatic carboxylic acids is 1. The van der Waals surface area contributed by atoms with Gasteiger partial charge in [-0.25, -0.2) is 4.79 Å². The molecule has 1 aromatic carbocycles. The molecule has 0 radical (unpaired) electrons. The van der Waals surface area contributed by atoms with Crippen molar-refractivity contribution in [2.24, 2.45) is 7.05 Å². The molecule has 0 saturated heterocycles. The highest BCUT2D eigenvalue weighted by Crippen LogP contribution is 2.26. The van der Waals surface area contributed by atoms with Gasteiger partial charge in [0.2, 0.25) is 0 Å². The lowest BCUT2D eigenvalue weighted by atomic mass is 10.2. The normalized spacial score (nSPS) is 11.0. The third kappa shape index (κ3) is 4.65. The van der Waals surface area contributed by atoms with Gasteiger partial charge in [0.25, 0.3) is 0 Å². The first-order valence-corrected chi connectivity index (χ1v) is 6.73. The van der Waals surface area contributed by atoms with E-state index in [0.717, 1.165) is 18.1 Å². The molecule has 0 spiro atoms. The Bertz CT molecular complexity index is 665. The Morgan fingerprint density at radius 1 is 1.52 bits per heavy atom. The van der Waals surface area contributed by atoms with Crippen molar-refractivity contribution in [3.63, 3.8) is 0 Å². The number of halogens is 1. The van der Waals surface area contributed by atoms with E-state index < -0.39 is 5.97 Å². The smallest absolute Gasteiger partial charge is 0.328 e. The molecule has 110 valence electrons. The van der Waals surface area contributed by atoms with Gasteiger partial charge in [-0.05, 0) is 29.3 Å². The Morgan fingerprint density at radius 3 is 2.95 bits per heavy atom. The second-order valence-electron chi connectivity index (χ2n) is 4.48. The third-order valence-electron chi connectivity index (χ3n) is 2.78. The van der Waals surface area contributed by atoms with Crippen molar-refractivity contribution in [3.8, 4) is 5.75 Å². The highest BCUT2D eigenvalue weighted by atomic mass is 35.5. The van der Waals surface area contributed by atoms with Crippen molar-refractivity contribution < 1.29 is 14.6 Å². The zero-order chi connectivity index (χ0) is 15.2. The zero-order valence-corrected chi connectivity index (χ0v) is 12.2. The highest BCUT2D eigenvalue weighted by Gasteiger charge is 2.03. The number of ether oxygens (including phenoxy) is 1. The van der Waals surface area contributed by atoms with Gasteiger partial charge in [0.15, 0.2) is 0 Å². The molecule has 2 aromatic rings. The van der Waals surface area contributed by atoms with Gasteiger partial charge >= 0.3 is 5.97 Å². The number of rotatable bonds is 6. The SMILES string of the molecule is Cn1cc(CCOc2ccc(/C=C/C(=O)O)cc2Cl)cn1. The lowest BCUT2D eigenvalue weighted by molar-refractivity contribution is -0.131. The first-order chi connectivity index (χ1) is 10.0. The maximum absolute atomic E-state index is 10.5. The lowest BCUT2D eigenvalue weighted by Crippen LogP contribution is -2.01. The van der Waals surface area contributed by atoms with Crippen molar-refractivity contribution in [1.29, 1.82) is 0 Å². The van der Waals surface area contributed by atoms with E-state index in [-0.39, 0.29) is 0 Å². The van der Waals surface area contributed by atoms with E-state index >= 15 is 0 Å². The molecule has 0 unspecified atom stereocenters. The molecular weight excluding hydrogens is 292 g/mol. The number of carboxylic acid groups (broad SMARTS) is 1. The van der Waals surface area contributed by atoms with Gasteiger partial charge in [-0.15, -0.1) is 0 Å². The van der Waals surface area contributed by atoms with Crippen LogP contribution in [0.3, 0.4) is 0 Å². The predicted molar refractivity (Wildman–Crippen MR) is 80.5 cm³/mol. The summed E-state index contributed by atoms with van der Waals surface area (Å²) < 4.78 is 7.36. The average molecular weight is 307 g/mol. The molecule has 0 aliphatic heterocycles. The van der Waals surface area contributed by atoms with Gasteiger partial charge < -0.3 is 9.84 Å². The monoisotopic (exact) mass is 306 g/mol. The molecule has 0 fully saturated rings. The highest BCUT2D eigenvalue weighted by molar-refractivity contribution is 6.32. The standard InChI is InChI=1S/C15H15ClN2O3/c1-18-10-12(9-17-18)6-7-21-14-4-2-11(8-13(14)16)3-5-15(19)20/h2-5,8-10H,6-7H2,1H3,(H,19,20)/b5-3+. The Balaban J connectivity index is 1.93. The Hall–Kier alpha value is -2.27. The predicted octanol–water partition coefficient (Wildman–Crippen LogP) is 2.79. The van der Waals surface area contributed by atoms with Crippen LogP contribution in [0.4, 0.5) is 0 Å². The van der Waals surface area contributed by atoms with E-state index in [1.807, 2.05) is 13.2 Å². The van der Waals surface area contributed by atoms with Crippen LogP contribution in [0, 0.1) is 0 Å². The molecule has 1 aromatic heterocycles. The number of carboxylic acids is 1. The molecule has 0 bridgehead atoms. The van der Waals surface area contributed by atoms with Gasteiger partial charge in [0, 0.05) is 25.7 Å². The number of hydrogen-bond donors (Lipinski definition) is 1. The molecule has 1 heterocycles. The second kappa shape index (κ2) is 6.95. The lowest BCUT2D eigenvalue weighted by Gasteiger charge is -2.07. The van der Waals surface area contributed by atoms with Gasteiger partial charge in [-0.3, -0.25) is 4.68 Å². The van der Waals surface area contributed by atoms with Crippen LogP contribution < -0.4 is 4.74 Å². The van der Waals surface area contributed by atoms with E-state index in [1.165, 1.54) is 6.08 Å². The van der Waals surface area contributed by atoms with Crippen LogP contribution in [-0.4, -0.2) is 27.5 Å². The summed E-state index contributed by atoms with van der Waals surface area (Å²) in [5.41, 5.74) is 1.80. The van der Waals surface area contributed by atoms with E-state index in [9.17, 15) is 4.79 Å². The average Bonchev–Trinajstić information content (AvgIpc) is 2.84. The number of aryl methyl sites for hydroxylation is 1. The minimum absolute atomic E-state index is 0.453. The maximum atomic E-state index is 10.5. The first-order valence-electron chi connectivity index (χ1n) is 6.35. The summed E-state index contributed by atoms with van der Waals surface area (Å²) in [6.45, 7) is 0.496. The van der Waals surface area contributed by atoms with E-state index in [2.05, 4.69) is 5.10 Å². The number of carbonyl (C=O) groups is 1. The second-order valence-corrected chi connectivity index (χ2v) is 4.89. The quantitative estimate of drug-likeness (QED) is 0.834. The van der Waals surface area contributed by atoms with E-state index in [1.54, 1.807) is 29.1 Å². The summed E-state index contributed by atoms with van der Waals surface area (Å²) in [6.07, 6.45) is 7.02. The number of benzene rings is 1. The van der Waals surface area contributed by atoms with Crippen LogP contribution in [0.1, 0.15) is 11.1 Å². The van der Waals surface area contributed by atoms with E-state index in [4.69, 9.17) is 21.4 Å². The fraction of sp³-hybridized carbons (Fsp3) is 0.200. The molecule has 21 heavy (non-hydrogen) atoms. The minimum atomic E-state index is -0.997. The molecule has 0 aliphatic carbocycles. The van der Waals surface area contributed by atoms with Crippen LogP contribution in [0.25, 0.3) is 6.08 Å². The summed E-state index contributed by atoms with van der Waals surface area (Å²) in [7, 11) is 1.87. The Kier molecular flexibility index (Phi) is 5.00. The van der Waals surface area contributed by atoms with Crippen molar-refractivity contribution in [3.05, 3.63) is 52.8 Å². The van der Waals surface area contributed by atoms with Gasteiger partial charge in [-0.1, -0.05) is 17.7 Å². The summed E-state index contributed by atoms with van der Waals surface area (Å²) in [6, 6.07) is 5.15. The fourth-order valence-electron chi connectivity index (χ4n) is 1.79. The summed E-state index contributed by atoms with van der Waals surface area (Å²) >= 11 is 6.11. The number of hydrogen-bond acceptors (Lipinski definition) is 3. The molecule has 2 rings (SSSR count). The Morgan fingerprint density at radius 2 is 2.33 bits per heavy atom. The van der Waals surface area contributed by atoms with Gasteiger partial charge in [0.1, 0.15) is 5.75 Å². The van der Waals surface area contributed by atoms with Crippen molar-refractivity contribution >= 4 is 23.6 Å².